The van der Waals surface area contributed by atoms with Crippen LogP contribution in [0, 0.1) is 6.92 Å². The van der Waals surface area contributed by atoms with Gasteiger partial charge >= 0.3 is 0 Å². The molecule has 0 fully saturated rings. The van der Waals surface area contributed by atoms with Gasteiger partial charge in [-0.1, -0.05) is 0 Å². The molecule has 0 atom stereocenters. The van der Waals surface area contributed by atoms with Crippen molar-refractivity contribution in [2.45, 2.75) is 26.8 Å². The highest BCUT2D eigenvalue weighted by molar-refractivity contribution is 6.12. The second kappa shape index (κ2) is 7.05. The standard InChI is InChI=1S/C22H21N7O2/c1-12(2)29-21-17(11-24-29)16(9-18(26-21)19-6-5-7-31-19)22(30)25-14-8-15-13(3)27-28(4)20(15)23-10-14/h5-12H,1-4H3,(H,25,30). The number of fused-ring (bicyclic) bond motifs is 2. The Hall–Kier alpha value is -4.01. The molecule has 9 nitrogen and oxygen atoms in total. The quantitative estimate of drug-likeness (QED) is 0.474. The maximum Gasteiger partial charge on any atom is 0.256 e. The molecule has 0 aromatic carbocycles. The normalized spacial score (nSPS) is 11.6. The van der Waals surface area contributed by atoms with Crippen molar-refractivity contribution >= 4 is 33.7 Å². The van der Waals surface area contributed by atoms with E-state index in [4.69, 9.17) is 9.40 Å². The minimum Gasteiger partial charge on any atom is -0.463 e. The smallest absolute Gasteiger partial charge is 0.256 e. The first-order valence-electron chi connectivity index (χ1n) is 9.95. The summed E-state index contributed by atoms with van der Waals surface area (Å²) in [5.41, 5.74) is 3.87. The molecule has 0 radical (unpaired) electrons. The number of aromatic nitrogens is 6. The van der Waals surface area contributed by atoms with E-state index >= 15 is 0 Å². The first-order chi connectivity index (χ1) is 14.9. The molecule has 1 N–H and O–H groups in total. The van der Waals surface area contributed by atoms with Gasteiger partial charge in [0.2, 0.25) is 0 Å². The fourth-order valence-corrected chi connectivity index (χ4v) is 3.71. The molecule has 0 aliphatic heterocycles. The zero-order valence-corrected chi connectivity index (χ0v) is 17.6. The van der Waals surface area contributed by atoms with Crippen LogP contribution in [0.3, 0.4) is 0 Å². The SMILES string of the molecule is Cc1nn(C)c2ncc(NC(=O)c3cc(-c4ccco4)nc4c3cnn4C(C)C)cc12. The van der Waals surface area contributed by atoms with Crippen LogP contribution in [0.2, 0.25) is 0 Å². The minimum atomic E-state index is -0.272. The van der Waals surface area contributed by atoms with Gasteiger partial charge in [0.05, 0.1) is 41.0 Å². The van der Waals surface area contributed by atoms with Gasteiger partial charge in [0.25, 0.3) is 5.91 Å². The van der Waals surface area contributed by atoms with Crippen LogP contribution in [0.25, 0.3) is 33.5 Å². The number of rotatable bonds is 4. The molecule has 0 aliphatic rings. The van der Waals surface area contributed by atoms with Gasteiger partial charge < -0.3 is 9.73 Å². The van der Waals surface area contributed by atoms with E-state index in [1.54, 1.807) is 40.2 Å². The minimum absolute atomic E-state index is 0.0907. The maximum absolute atomic E-state index is 13.3. The second-order valence-corrected chi connectivity index (χ2v) is 7.71. The number of hydrogen-bond acceptors (Lipinski definition) is 6. The summed E-state index contributed by atoms with van der Waals surface area (Å²) in [7, 11) is 1.84. The summed E-state index contributed by atoms with van der Waals surface area (Å²) in [6.07, 6.45) is 4.89. The Labute approximate surface area is 177 Å². The number of hydrogen-bond donors (Lipinski definition) is 1. The Bertz CT molecular complexity index is 1430. The highest BCUT2D eigenvalue weighted by atomic mass is 16.3. The Balaban J connectivity index is 1.60. The Morgan fingerprint density at radius 2 is 2.00 bits per heavy atom. The van der Waals surface area contributed by atoms with Gasteiger partial charge in [-0.2, -0.15) is 10.2 Å². The van der Waals surface area contributed by atoms with Crippen molar-refractivity contribution < 1.29 is 9.21 Å². The van der Waals surface area contributed by atoms with E-state index < -0.39 is 0 Å². The highest BCUT2D eigenvalue weighted by Crippen LogP contribution is 2.28. The number of aryl methyl sites for hydroxylation is 2. The molecule has 1 amide bonds. The van der Waals surface area contributed by atoms with Crippen molar-refractivity contribution in [2.75, 3.05) is 5.32 Å². The molecule has 0 saturated carbocycles. The molecule has 0 aliphatic carbocycles. The van der Waals surface area contributed by atoms with Gasteiger partial charge in [-0.3, -0.25) is 9.48 Å². The Morgan fingerprint density at radius 3 is 2.74 bits per heavy atom. The molecule has 5 rings (SSSR count). The van der Waals surface area contributed by atoms with E-state index in [9.17, 15) is 4.79 Å². The summed E-state index contributed by atoms with van der Waals surface area (Å²) < 4.78 is 9.04. The van der Waals surface area contributed by atoms with Crippen molar-refractivity contribution in [1.82, 2.24) is 29.5 Å². The monoisotopic (exact) mass is 415 g/mol. The van der Waals surface area contributed by atoms with Crippen LogP contribution in [0.4, 0.5) is 5.69 Å². The first-order valence-corrected chi connectivity index (χ1v) is 9.95. The van der Waals surface area contributed by atoms with Crippen LogP contribution < -0.4 is 5.32 Å². The number of furan rings is 1. The molecule has 0 spiro atoms. The third-order valence-corrected chi connectivity index (χ3v) is 5.19. The molecule has 5 aromatic heterocycles. The average Bonchev–Trinajstić information content (AvgIpc) is 3.47. The number of carbonyl (C=O) groups is 1. The van der Waals surface area contributed by atoms with E-state index in [0.717, 1.165) is 16.7 Å². The molecule has 5 aromatic rings. The largest absolute Gasteiger partial charge is 0.463 e. The van der Waals surface area contributed by atoms with Crippen LogP contribution in [-0.4, -0.2) is 35.4 Å². The predicted molar refractivity (Wildman–Crippen MR) is 117 cm³/mol. The summed E-state index contributed by atoms with van der Waals surface area (Å²) in [6, 6.07) is 7.30. The van der Waals surface area contributed by atoms with Gasteiger partial charge in [0.15, 0.2) is 17.1 Å². The van der Waals surface area contributed by atoms with Crippen molar-refractivity contribution in [3.63, 3.8) is 0 Å². The van der Waals surface area contributed by atoms with Crippen molar-refractivity contribution in [3.8, 4) is 11.5 Å². The lowest BCUT2D eigenvalue weighted by Gasteiger charge is -2.10. The van der Waals surface area contributed by atoms with Crippen LogP contribution >= 0.6 is 0 Å². The summed E-state index contributed by atoms with van der Waals surface area (Å²) in [4.78, 5) is 22.4. The van der Waals surface area contributed by atoms with Gasteiger partial charge in [-0.05, 0) is 45.0 Å². The number of amides is 1. The highest BCUT2D eigenvalue weighted by Gasteiger charge is 2.20. The predicted octanol–water partition coefficient (Wildman–Crippen LogP) is 4.11. The Kier molecular flexibility index (Phi) is 4.32. The fourth-order valence-electron chi connectivity index (χ4n) is 3.71. The third kappa shape index (κ3) is 3.14. The number of nitrogens with zero attached hydrogens (tertiary/aromatic N) is 6. The van der Waals surface area contributed by atoms with Crippen molar-refractivity contribution in [1.29, 1.82) is 0 Å². The van der Waals surface area contributed by atoms with Gasteiger partial charge in [-0.25, -0.2) is 14.6 Å². The lowest BCUT2D eigenvalue weighted by molar-refractivity contribution is 0.102. The number of anilines is 1. The molecule has 0 unspecified atom stereocenters. The zero-order valence-electron chi connectivity index (χ0n) is 17.6. The lowest BCUT2D eigenvalue weighted by Crippen LogP contribution is -2.13. The van der Waals surface area contributed by atoms with Crippen molar-refractivity contribution in [2.24, 2.45) is 7.05 Å². The van der Waals surface area contributed by atoms with Gasteiger partial charge in [0.1, 0.15) is 5.69 Å². The summed E-state index contributed by atoms with van der Waals surface area (Å²) in [5.74, 6) is 0.313. The summed E-state index contributed by atoms with van der Waals surface area (Å²) in [6.45, 7) is 5.95. The van der Waals surface area contributed by atoms with Crippen LogP contribution in [0.5, 0.6) is 0 Å². The van der Waals surface area contributed by atoms with Gasteiger partial charge in [0, 0.05) is 18.5 Å². The number of carbonyl (C=O) groups excluding carboxylic acids is 1. The molecule has 0 saturated heterocycles. The maximum atomic E-state index is 13.3. The molecular weight excluding hydrogens is 394 g/mol. The number of pyridine rings is 2. The molecule has 9 heteroatoms. The van der Waals surface area contributed by atoms with E-state index in [1.807, 2.05) is 40.0 Å². The first kappa shape index (κ1) is 19.0. The van der Waals surface area contributed by atoms with E-state index in [1.165, 1.54) is 0 Å². The van der Waals surface area contributed by atoms with E-state index in [2.05, 4.69) is 20.5 Å². The zero-order chi connectivity index (χ0) is 21.7. The summed E-state index contributed by atoms with van der Waals surface area (Å²) in [5, 5.41) is 13.3. The number of nitrogens with one attached hydrogen (secondary N) is 1. The van der Waals surface area contributed by atoms with Crippen molar-refractivity contribution in [3.05, 3.63) is 54.2 Å². The molecular formula is C22H21N7O2. The van der Waals surface area contributed by atoms with Crippen LogP contribution in [-0.2, 0) is 7.05 Å². The summed E-state index contributed by atoms with van der Waals surface area (Å²) >= 11 is 0. The molecule has 0 bridgehead atoms. The van der Waals surface area contributed by atoms with E-state index in [0.29, 0.717) is 33.7 Å². The lowest BCUT2D eigenvalue weighted by atomic mass is 10.1. The molecule has 31 heavy (non-hydrogen) atoms. The topological polar surface area (TPSA) is 104 Å². The molecule has 156 valence electrons. The van der Waals surface area contributed by atoms with Crippen LogP contribution in [0.1, 0.15) is 35.9 Å². The average molecular weight is 415 g/mol. The third-order valence-electron chi connectivity index (χ3n) is 5.19. The second-order valence-electron chi connectivity index (χ2n) is 7.71. The van der Waals surface area contributed by atoms with E-state index in [-0.39, 0.29) is 11.9 Å². The van der Waals surface area contributed by atoms with Crippen LogP contribution in [0.15, 0.2) is 47.3 Å². The molecule has 5 heterocycles. The fraction of sp³-hybridized carbons (Fsp3) is 0.227. The van der Waals surface area contributed by atoms with Gasteiger partial charge in [-0.15, -0.1) is 0 Å². The Morgan fingerprint density at radius 1 is 1.16 bits per heavy atom.